The molecule has 0 spiro atoms. The van der Waals surface area contributed by atoms with Gasteiger partial charge in [0.05, 0.1) is 29.9 Å². The van der Waals surface area contributed by atoms with E-state index in [2.05, 4.69) is 10.3 Å². The minimum Gasteiger partial charge on any atom is -0.508 e. The molecule has 23 heavy (non-hydrogen) atoms. The number of nitrogens with zero attached hydrogens (tertiary/aromatic N) is 2. The molecular formula is C16H19N3O4. The van der Waals surface area contributed by atoms with Crippen LogP contribution in [0.5, 0.6) is 5.75 Å². The Morgan fingerprint density at radius 2 is 2.26 bits per heavy atom. The van der Waals surface area contributed by atoms with Crippen LogP contribution < -0.4 is 10.9 Å². The van der Waals surface area contributed by atoms with Gasteiger partial charge in [-0.25, -0.2) is 4.98 Å². The van der Waals surface area contributed by atoms with Crippen molar-refractivity contribution >= 4 is 16.7 Å². The first-order chi connectivity index (χ1) is 11.0. The van der Waals surface area contributed by atoms with Gasteiger partial charge in [0.1, 0.15) is 5.75 Å². The number of aromatic hydroxyl groups is 1. The zero-order valence-electron chi connectivity index (χ0n) is 12.6. The Kier molecular flexibility index (Phi) is 4.40. The summed E-state index contributed by atoms with van der Waals surface area (Å²) in [6, 6.07) is 4.10. The molecule has 122 valence electrons. The molecule has 0 bridgehead atoms. The van der Waals surface area contributed by atoms with Crippen molar-refractivity contribution in [1.29, 1.82) is 0 Å². The van der Waals surface area contributed by atoms with Gasteiger partial charge in [0, 0.05) is 12.5 Å². The van der Waals surface area contributed by atoms with E-state index in [-0.39, 0.29) is 41.5 Å². The Balaban J connectivity index is 1.77. The Bertz CT molecular complexity index is 786. The van der Waals surface area contributed by atoms with E-state index >= 15 is 0 Å². The number of benzene rings is 1. The number of hydrogen-bond donors (Lipinski definition) is 3. The van der Waals surface area contributed by atoms with E-state index in [0.717, 1.165) is 13.0 Å². The molecule has 2 aromatic rings. The second kappa shape index (κ2) is 6.47. The number of Topliss-reactive ketones (excluding diaryl/α,β-unsaturated/α-hetero) is 1. The highest BCUT2D eigenvalue weighted by molar-refractivity contribution is 5.81. The second-order valence-corrected chi connectivity index (χ2v) is 5.89. The first kappa shape index (κ1) is 15.6. The highest BCUT2D eigenvalue weighted by atomic mass is 16.3. The second-order valence-electron chi connectivity index (χ2n) is 5.89. The number of fused-ring (bicyclic) bond motifs is 1. The van der Waals surface area contributed by atoms with E-state index in [1.54, 1.807) is 6.07 Å². The van der Waals surface area contributed by atoms with Crippen LogP contribution in [0.3, 0.4) is 0 Å². The molecule has 0 unspecified atom stereocenters. The van der Waals surface area contributed by atoms with Crippen LogP contribution in [0.15, 0.2) is 29.3 Å². The fourth-order valence-corrected chi connectivity index (χ4v) is 2.90. The molecule has 7 heteroatoms. The summed E-state index contributed by atoms with van der Waals surface area (Å²) in [4.78, 5) is 28.7. The van der Waals surface area contributed by atoms with Crippen molar-refractivity contribution in [3.63, 3.8) is 0 Å². The number of rotatable bonds is 4. The van der Waals surface area contributed by atoms with Crippen molar-refractivity contribution in [3.05, 3.63) is 34.9 Å². The predicted octanol–water partition coefficient (Wildman–Crippen LogP) is 0.174. The number of aliphatic hydroxyl groups is 1. The Hall–Kier alpha value is -2.25. The number of ketones is 1. The summed E-state index contributed by atoms with van der Waals surface area (Å²) in [5, 5.41) is 22.8. The molecule has 1 aliphatic rings. The number of nitrogens with one attached hydrogen (secondary N) is 1. The highest BCUT2D eigenvalue weighted by Crippen LogP contribution is 2.15. The number of phenolic OH excluding ortho intramolecular Hbond substituents is 1. The van der Waals surface area contributed by atoms with Gasteiger partial charge >= 0.3 is 0 Å². The predicted molar refractivity (Wildman–Crippen MR) is 84.3 cm³/mol. The Labute approximate surface area is 132 Å². The zero-order valence-corrected chi connectivity index (χ0v) is 12.6. The monoisotopic (exact) mass is 317 g/mol. The summed E-state index contributed by atoms with van der Waals surface area (Å²) < 4.78 is 1.24. The van der Waals surface area contributed by atoms with Crippen molar-refractivity contribution in [2.75, 3.05) is 6.54 Å². The first-order valence-electron chi connectivity index (χ1n) is 7.66. The molecule has 1 fully saturated rings. The molecule has 7 nitrogen and oxygen atoms in total. The molecule has 0 amide bonds. The SMILES string of the molecule is O=C(C[C@H]1NCCC[C@@H]1O)Cn1cnc2ccc(O)cc2c1=O. The lowest BCUT2D eigenvalue weighted by Crippen LogP contribution is -2.46. The van der Waals surface area contributed by atoms with Crippen molar-refractivity contribution < 1.29 is 15.0 Å². The molecule has 3 rings (SSSR count). The Morgan fingerprint density at radius 3 is 3.04 bits per heavy atom. The maximum Gasteiger partial charge on any atom is 0.261 e. The summed E-state index contributed by atoms with van der Waals surface area (Å²) in [6.45, 7) is 0.689. The van der Waals surface area contributed by atoms with Crippen molar-refractivity contribution in [2.24, 2.45) is 0 Å². The summed E-state index contributed by atoms with van der Waals surface area (Å²) in [7, 11) is 0. The smallest absolute Gasteiger partial charge is 0.261 e. The lowest BCUT2D eigenvalue weighted by Gasteiger charge is -2.28. The van der Waals surface area contributed by atoms with E-state index in [0.29, 0.717) is 11.9 Å². The largest absolute Gasteiger partial charge is 0.508 e. The van der Waals surface area contributed by atoms with Gasteiger partial charge < -0.3 is 15.5 Å². The van der Waals surface area contributed by atoms with Crippen LogP contribution in [0.2, 0.25) is 0 Å². The van der Waals surface area contributed by atoms with Crippen LogP contribution in [0.25, 0.3) is 10.9 Å². The van der Waals surface area contributed by atoms with Gasteiger partial charge in [-0.1, -0.05) is 0 Å². The first-order valence-corrected chi connectivity index (χ1v) is 7.66. The average molecular weight is 317 g/mol. The third-order valence-corrected chi connectivity index (χ3v) is 4.15. The lowest BCUT2D eigenvalue weighted by molar-refractivity contribution is -0.121. The molecule has 1 aromatic carbocycles. The Morgan fingerprint density at radius 1 is 1.43 bits per heavy atom. The topological polar surface area (TPSA) is 104 Å². The van der Waals surface area contributed by atoms with Crippen molar-refractivity contribution in [2.45, 2.75) is 38.0 Å². The minimum absolute atomic E-state index is 0.0185. The average Bonchev–Trinajstić information content (AvgIpc) is 2.53. The van der Waals surface area contributed by atoms with Crippen molar-refractivity contribution in [1.82, 2.24) is 14.9 Å². The molecule has 1 aliphatic heterocycles. The van der Waals surface area contributed by atoms with Crippen molar-refractivity contribution in [3.8, 4) is 5.75 Å². The summed E-state index contributed by atoms with van der Waals surface area (Å²) in [6.07, 6.45) is 2.55. The number of piperidine rings is 1. The molecular weight excluding hydrogens is 298 g/mol. The summed E-state index contributed by atoms with van der Waals surface area (Å²) in [5.41, 5.74) is 0.109. The molecule has 0 radical (unpaired) electrons. The van der Waals surface area contributed by atoms with E-state index in [9.17, 15) is 19.8 Å². The molecule has 2 heterocycles. The molecule has 1 saturated heterocycles. The molecule has 3 N–H and O–H groups in total. The van der Waals surface area contributed by atoms with E-state index in [1.165, 1.54) is 23.0 Å². The van der Waals surface area contributed by atoms with E-state index in [4.69, 9.17) is 0 Å². The normalized spacial score (nSPS) is 21.4. The van der Waals surface area contributed by atoms with E-state index < -0.39 is 6.10 Å². The van der Waals surface area contributed by atoms with Gasteiger partial charge in [0.25, 0.3) is 5.56 Å². The van der Waals surface area contributed by atoms with Gasteiger partial charge in [0.2, 0.25) is 0 Å². The number of aromatic nitrogens is 2. The third kappa shape index (κ3) is 3.40. The number of hydrogen-bond acceptors (Lipinski definition) is 6. The molecule has 2 atom stereocenters. The fraction of sp³-hybridized carbons (Fsp3) is 0.438. The van der Waals surface area contributed by atoms with Crippen LogP contribution in [0.4, 0.5) is 0 Å². The number of carbonyl (C=O) groups excluding carboxylic acids is 1. The van der Waals surface area contributed by atoms with Gasteiger partial charge in [-0.3, -0.25) is 14.2 Å². The van der Waals surface area contributed by atoms with Crippen LogP contribution in [0.1, 0.15) is 19.3 Å². The highest BCUT2D eigenvalue weighted by Gasteiger charge is 2.25. The van der Waals surface area contributed by atoms with Crippen LogP contribution >= 0.6 is 0 Å². The molecule has 0 aliphatic carbocycles. The quantitative estimate of drug-likeness (QED) is 0.743. The van der Waals surface area contributed by atoms with Gasteiger partial charge in [-0.15, -0.1) is 0 Å². The molecule has 1 aromatic heterocycles. The van der Waals surface area contributed by atoms with E-state index in [1.807, 2.05) is 0 Å². The number of phenols is 1. The van der Waals surface area contributed by atoms with Crippen LogP contribution in [-0.4, -0.2) is 44.2 Å². The van der Waals surface area contributed by atoms with Crippen LogP contribution in [0, 0.1) is 0 Å². The number of carbonyl (C=O) groups is 1. The summed E-state index contributed by atoms with van der Waals surface area (Å²) >= 11 is 0. The number of aliphatic hydroxyl groups excluding tert-OH is 1. The maximum atomic E-state index is 12.4. The van der Waals surface area contributed by atoms with Crippen LogP contribution in [-0.2, 0) is 11.3 Å². The standard InChI is InChI=1S/C16H19N3O4/c20-10-3-4-13-12(6-10)16(23)19(9-18-13)8-11(21)7-14-15(22)2-1-5-17-14/h3-4,6,9,14-15,17,20,22H,1-2,5,7-8H2/t14-,15+/m1/s1. The summed E-state index contributed by atoms with van der Waals surface area (Å²) in [5.74, 6) is -0.165. The minimum atomic E-state index is -0.531. The zero-order chi connectivity index (χ0) is 16.4. The van der Waals surface area contributed by atoms with Gasteiger partial charge in [0.15, 0.2) is 5.78 Å². The fourth-order valence-electron chi connectivity index (χ4n) is 2.90. The van der Waals surface area contributed by atoms with Gasteiger partial charge in [-0.2, -0.15) is 0 Å². The molecule has 0 saturated carbocycles. The lowest BCUT2D eigenvalue weighted by atomic mass is 9.97. The third-order valence-electron chi connectivity index (χ3n) is 4.15. The van der Waals surface area contributed by atoms with Gasteiger partial charge in [-0.05, 0) is 37.6 Å². The maximum absolute atomic E-state index is 12.4.